The van der Waals surface area contributed by atoms with E-state index in [1.807, 2.05) is 11.9 Å². The van der Waals surface area contributed by atoms with Gasteiger partial charge >= 0.3 is 0 Å². The predicted octanol–water partition coefficient (Wildman–Crippen LogP) is 6.66. The Morgan fingerprint density at radius 3 is 2.11 bits per heavy atom. The van der Waals surface area contributed by atoms with Gasteiger partial charge in [0, 0.05) is 26.6 Å². The van der Waals surface area contributed by atoms with Crippen molar-refractivity contribution in [3.63, 3.8) is 0 Å². The van der Waals surface area contributed by atoms with E-state index in [9.17, 15) is 4.79 Å². The first-order valence-electron chi connectivity index (χ1n) is 11.7. The number of rotatable bonds is 17. The average Bonchev–Trinajstić information content (AvgIpc) is 3.17. The fourth-order valence-corrected chi connectivity index (χ4v) is 3.73. The normalized spacial score (nSPS) is 17.0. The van der Waals surface area contributed by atoms with E-state index in [0.717, 1.165) is 32.4 Å². The quantitative estimate of drug-likeness (QED) is 0.209. The van der Waals surface area contributed by atoms with Crippen LogP contribution < -0.4 is 0 Å². The Labute approximate surface area is 168 Å². The van der Waals surface area contributed by atoms with E-state index in [2.05, 4.69) is 19.1 Å². The van der Waals surface area contributed by atoms with Gasteiger partial charge in [-0.2, -0.15) is 0 Å². The molecule has 1 aliphatic heterocycles. The molecule has 3 heteroatoms. The first-order valence-corrected chi connectivity index (χ1v) is 11.7. The minimum Gasteiger partial charge on any atom is -0.376 e. The van der Waals surface area contributed by atoms with Crippen LogP contribution in [0, 0.1) is 0 Å². The van der Waals surface area contributed by atoms with E-state index in [1.54, 1.807) is 0 Å². The topological polar surface area (TPSA) is 29.5 Å². The van der Waals surface area contributed by atoms with Gasteiger partial charge in [-0.25, -0.2) is 0 Å². The van der Waals surface area contributed by atoms with E-state index in [4.69, 9.17) is 4.74 Å². The largest absolute Gasteiger partial charge is 0.376 e. The lowest BCUT2D eigenvalue weighted by molar-refractivity contribution is -0.131. The molecule has 158 valence electrons. The Balaban J connectivity index is 1.82. The summed E-state index contributed by atoms with van der Waals surface area (Å²) in [5, 5.41) is 0. The van der Waals surface area contributed by atoms with Gasteiger partial charge in [0.05, 0.1) is 6.10 Å². The first kappa shape index (κ1) is 24.2. The standard InChI is InChI=1S/C24H45NO2/c1-3-4-5-6-7-8-9-10-11-12-13-14-15-16-17-20-24(26)25(2)22-23-19-18-21-27-23/h10-11,23H,3-9,12-22H2,1-2H3/b11-10-. The zero-order chi connectivity index (χ0) is 19.6. The summed E-state index contributed by atoms with van der Waals surface area (Å²) in [6.45, 7) is 3.90. The molecule has 0 aromatic carbocycles. The van der Waals surface area contributed by atoms with Crippen molar-refractivity contribution in [1.29, 1.82) is 0 Å². The maximum absolute atomic E-state index is 12.1. The zero-order valence-corrected chi connectivity index (χ0v) is 18.2. The van der Waals surface area contributed by atoms with Crippen molar-refractivity contribution in [3.05, 3.63) is 12.2 Å². The third kappa shape index (κ3) is 13.9. The van der Waals surface area contributed by atoms with Crippen LogP contribution in [-0.2, 0) is 9.53 Å². The number of nitrogens with zero attached hydrogens (tertiary/aromatic N) is 1. The third-order valence-electron chi connectivity index (χ3n) is 5.58. The number of carbonyl (C=O) groups is 1. The summed E-state index contributed by atoms with van der Waals surface area (Å²) in [5.74, 6) is 0.281. The van der Waals surface area contributed by atoms with Gasteiger partial charge in [-0.3, -0.25) is 4.79 Å². The molecule has 0 aliphatic carbocycles. The second kappa shape index (κ2) is 17.3. The van der Waals surface area contributed by atoms with Crippen LogP contribution in [0.1, 0.15) is 110 Å². The van der Waals surface area contributed by atoms with Crippen LogP contribution in [-0.4, -0.2) is 37.1 Å². The molecule has 0 radical (unpaired) electrons. The van der Waals surface area contributed by atoms with Crippen LogP contribution in [0.3, 0.4) is 0 Å². The van der Waals surface area contributed by atoms with E-state index in [0.29, 0.717) is 6.42 Å². The molecule has 0 N–H and O–H groups in total. The SMILES string of the molecule is CCCCCCCC/C=C\CCCCCCCC(=O)N(C)CC1CCCO1. The number of amides is 1. The highest BCUT2D eigenvalue weighted by Crippen LogP contribution is 2.14. The molecule has 1 unspecified atom stereocenters. The molecule has 3 nitrogen and oxygen atoms in total. The molecule has 1 heterocycles. The highest BCUT2D eigenvalue weighted by Gasteiger charge is 2.19. The van der Waals surface area contributed by atoms with Gasteiger partial charge in [0.2, 0.25) is 5.91 Å². The molecule has 0 spiro atoms. The molecule has 1 fully saturated rings. The maximum Gasteiger partial charge on any atom is 0.222 e. The molecule has 0 aromatic heterocycles. The van der Waals surface area contributed by atoms with Gasteiger partial charge < -0.3 is 9.64 Å². The number of hydrogen-bond donors (Lipinski definition) is 0. The lowest BCUT2D eigenvalue weighted by atomic mass is 10.1. The van der Waals surface area contributed by atoms with Crippen LogP contribution in [0.25, 0.3) is 0 Å². The number of allylic oxidation sites excluding steroid dienone is 2. The van der Waals surface area contributed by atoms with Crippen LogP contribution in [0.5, 0.6) is 0 Å². The average molecular weight is 380 g/mol. The summed E-state index contributed by atoms with van der Waals surface area (Å²) in [6, 6.07) is 0. The molecule has 1 amide bonds. The monoisotopic (exact) mass is 379 g/mol. The third-order valence-corrected chi connectivity index (χ3v) is 5.58. The van der Waals surface area contributed by atoms with Crippen molar-refractivity contribution in [1.82, 2.24) is 4.90 Å². The Bertz CT molecular complexity index is 375. The molecular formula is C24H45NO2. The minimum atomic E-state index is 0.271. The van der Waals surface area contributed by atoms with Gasteiger partial charge in [-0.15, -0.1) is 0 Å². The van der Waals surface area contributed by atoms with Crippen molar-refractivity contribution in [2.45, 2.75) is 116 Å². The van der Waals surface area contributed by atoms with Crippen LogP contribution in [0.2, 0.25) is 0 Å². The maximum atomic E-state index is 12.1. The molecule has 1 rings (SSSR count). The minimum absolute atomic E-state index is 0.271. The van der Waals surface area contributed by atoms with E-state index < -0.39 is 0 Å². The highest BCUT2D eigenvalue weighted by molar-refractivity contribution is 5.75. The van der Waals surface area contributed by atoms with Gasteiger partial charge in [-0.1, -0.05) is 70.4 Å². The number of carbonyl (C=O) groups excluding carboxylic acids is 1. The summed E-state index contributed by atoms with van der Waals surface area (Å²) in [4.78, 5) is 14.0. The summed E-state index contributed by atoms with van der Waals surface area (Å²) < 4.78 is 5.61. The van der Waals surface area contributed by atoms with Crippen LogP contribution >= 0.6 is 0 Å². The molecular weight excluding hydrogens is 334 g/mol. The Kier molecular flexibility index (Phi) is 15.5. The number of hydrogen-bond acceptors (Lipinski definition) is 2. The van der Waals surface area contributed by atoms with Crippen LogP contribution in [0.4, 0.5) is 0 Å². The number of ether oxygens (including phenoxy) is 1. The predicted molar refractivity (Wildman–Crippen MR) is 116 cm³/mol. The lowest BCUT2D eigenvalue weighted by Gasteiger charge is -2.20. The summed E-state index contributed by atoms with van der Waals surface area (Å²) in [5.41, 5.74) is 0. The zero-order valence-electron chi connectivity index (χ0n) is 18.2. The fourth-order valence-electron chi connectivity index (χ4n) is 3.73. The van der Waals surface area contributed by atoms with Crippen molar-refractivity contribution in [2.75, 3.05) is 20.2 Å². The van der Waals surface area contributed by atoms with E-state index in [1.165, 1.54) is 77.0 Å². The molecule has 27 heavy (non-hydrogen) atoms. The molecule has 1 saturated heterocycles. The van der Waals surface area contributed by atoms with Crippen LogP contribution in [0.15, 0.2) is 12.2 Å². The molecule has 0 aromatic rings. The van der Waals surface area contributed by atoms with Gasteiger partial charge in [0.25, 0.3) is 0 Å². The molecule has 1 aliphatic rings. The molecule has 0 saturated carbocycles. The first-order chi connectivity index (χ1) is 13.2. The van der Waals surface area contributed by atoms with Crippen molar-refractivity contribution < 1.29 is 9.53 Å². The highest BCUT2D eigenvalue weighted by atomic mass is 16.5. The van der Waals surface area contributed by atoms with E-state index >= 15 is 0 Å². The van der Waals surface area contributed by atoms with Gasteiger partial charge in [0.15, 0.2) is 0 Å². The molecule has 1 atom stereocenters. The second-order valence-electron chi connectivity index (χ2n) is 8.24. The van der Waals surface area contributed by atoms with Crippen molar-refractivity contribution in [3.8, 4) is 0 Å². The summed E-state index contributed by atoms with van der Waals surface area (Å²) in [7, 11) is 1.92. The van der Waals surface area contributed by atoms with Gasteiger partial charge in [0.1, 0.15) is 0 Å². The number of unbranched alkanes of at least 4 members (excludes halogenated alkanes) is 11. The summed E-state index contributed by atoms with van der Waals surface area (Å²) in [6.07, 6.45) is 24.8. The smallest absolute Gasteiger partial charge is 0.222 e. The summed E-state index contributed by atoms with van der Waals surface area (Å²) >= 11 is 0. The fraction of sp³-hybridized carbons (Fsp3) is 0.875. The Morgan fingerprint density at radius 1 is 0.926 bits per heavy atom. The van der Waals surface area contributed by atoms with E-state index in [-0.39, 0.29) is 12.0 Å². The molecule has 0 bridgehead atoms. The van der Waals surface area contributed by atoms with Crippen molar-refractivity contribution in [2.24, 2.45) is 0 Å². The Morgan fingerprint density at radius 2 is 1.52 bits per heavy atom. The number of likely N-dealkylation sites (N-methyl/N-ethyl adjacent to an activating group) is 1. The lowest BCUT2D eigenvalue weighted by Crippen LogP contribution is -2.33. The Hall–Kier alpha value is -0.830. The second-order valence-corrected chi connectivity index (χ2v) is 8.24. The van der Waals surface area contributed by atoms with Crippen molar-refractivity contribution >= 4 is 5.91 Å². The van der Waals surface area contributed by atoms with Gasteiger partial charge in [-0.05, 0) is 44.9 Å².